The highest BCUT2D eigenvalue weighted by Crippen LogP contribution is 2.37. The molecule has 0 aromatic heterocycles. The number of esters is 4. The third-order valence-corrected chi connectivity index (χ3v) is 22.7. The summed E-state index contributed by atoms with van der Waals surface area (Å²) in [4.78, 5) is 57.6. The van der Waals surface area contributed by atoms with E-state index in [1.807, 2.05) is 0 Å². The number of rotatable bonds is 60. The van der Waals surface area contributed by atoms with Crippen LogP contribution in [0.1, 0.15) is 366 Å². The van der Waals surface area contributed by atoms with E-state index in [1.165, 1.54) is 253 Å². The average molecular weight is 1390 g/mol. The van der Waals surface area contributed by atoms with Crippen LogP contribution < -0.4 is 0 Å². The Bertz CT molecular complexity index is 1650. The third kappa shape index (κ3) is 48.1. The van der Waals surface area contributed by atoms with Crippen molar-refractivity contribution in [1.82, 2.24) is 0 Å². The van der Waals surface area contributed by atoms with Crippen LogP contribution in [0.3, 0.4) is 0 Å². The average Bonchev–Trinajstić information content (AvgIpc) is 3.11. The molecule has 0 aliphatic carbocycles. The van der Waals surface area contributed by atoms with Gasteiger partial charge < -0.3 is 18.9 Å². The van der Waals surface area contributed by atoms with Crippen LogP contribution in [-0.4, -0.2) is 86.1 Å². The molecule has 0 radical (unpaired) electrons. The van der Waals surface area contributed by atoms with Gasteiger partial charge in [0, 0.05) is 16.8 Å². The van der Waals surface area contributed by atoms with Crippen molar-refractivity contribution in [3.05, 3.63) is 0 Å². The summed E-state index contributed by atoms with van der Waals surface area (Å²) >= 11 is 28.8. The van der Waals surface area contributed by atoms with Crippen molar-refractivity contribution >= 4 is 137 Å². The first kappa shape index (κ1) is 88.6. The largest absolute Gasteiger partial charge is 0.464 e. The highest BCUT2D eigenvalue weighted by atomic mass is 32.2. The summed E-state index contributed by atoms with van der Waals surface area (Å²) in [6.45, 7) is 21.8. The van der Waals surface area contributed by atoms with Gasteiger partial charge in [-0.3, -0.25) is 19.2 Å². The van der Waals surface area contributed by atoms with Gasteiger partial charge in [0.25, 0.3) is 0 Å². The molecule has 0 N–H and O–H groups in total. The van der Waals surface area contributed by atoms with Crippen molar-refractivity contribution in [2.24, 2.45) is 5.41 Å². The SMILES string of the molecule is CCCCCCCCCCCCC(=S)SC(C)(C)C(=O)OCC(COC(=O)C(C)(C)SC(=S)CCCCCCCCCCCC)(COC(=O)C(C)(C)SC(=S)CCCCCCCCCCCC)COC(=O)C(C)(C)SC(=S)CCCCCCCCCCCC. The molecule has 0 spiro atoms. The Morgan fingerprint density at radius 1 is 0.247 bits per heavy atom. The van der Waals surface area contributed by atoms with Gasteiger partial charge in [-0.05, 0) is 107 Å². The number of carbonyl (C=O) groups excluding carboxylic acids is 4. The van der Waals surface area contributed by atoms with Gasteiger partial charge in [0.2, 0.25) is 0 Å². The summed E-state index contributed by atoms with van der Waals surface area (Å²) in [5.74, 6) is -2.18. The van der Waals surface area contributed by atoms with Crippen LogP contribution in [0.2, 0.25) is 0 Å². The second kappa shape index (κ2) is 54.7. The minimum atomic E-state index is -1.53. The number of carbonyl (C=O) groups is 4. The zero-order valence-electron chi connectivity index (χ0n) is 59.0. The van der Waals surface area contributed by atoms with Crippen LogP contribution in [-0.2, 0) is 38.1 Å². The summed E-state index contributed by atoms with van der Waals surface area (Å²) in [5.41, 5.74) is -1.53. The fourth-order valence-electron chi connectivity index (χ4n) is 10.4. The Hall–Kier alpha value is -0.360. The lowest BCUT2D eigenvalue weighted by Gasteiger charge is -2.35. The van der Waals surface area contributed by atoms with E-state index in [1.54, 1.807) is 55.4 Å². The lowest BCUT2D eigenvalue weighted by atomic mass is 9.91. The van der Waals surface area contributed by atoms with Crippen LogP contribution in [0.25, 0.3) is 0 Å². The lowest BCUT2D eigenvalue weighted by Crippen LogP contribution is -2.48. The minimum absolute atomic E-state index is 0.394. The minimum Gasteiger partial charge on any atom is -0.464 e. The van der Waals surface area contributed by atoms with Crippen LogP contribution in [0, 0.1) is 5.41 Å². The van der Waals surface area contributed by atoms with Crippen molar-refractivity contribution in [3.63, 3.8) is 0 Å². The van der Waals surface area contributed by atoms with Gasteiger partial charge in [-0.1, -0.05) is 308 Å². The van der Waals surface area contributed by atoms with Crippen molar-refractivity contribution in [2.45, 2.75) is 385 Å². The molecule has 0 amide bonds. The predicted octanol–water partition coefficient (Wildman–Crippen LogP) is 24.7. The molecule has 0 atom stereocenters. The van der Waals surface area contributed by atoms with Crippen molar-refractivity contribution in [2.75, 3.05) is 26.4 Å². The van der Waals surface area contributed by atoms with E-state index in [4.69, 9.17) is 67.8 Å². The molecule has 0 rings (SSSR count). The molecule has 0 unspecified atom stereocenters. The Morgan fingerprint density at radius 2 is 0.382 bits per heavy atom. The third-order valence-electron chi connectivity index (χ3n) is 16.4. The first-order valence-electron chi connectivity index (χ1n) is 35.9. The smallest absolute Gasteiger partial charge is 0.322 e. The monoisotopic (exact) mass is 1390 g/mol. The lowest BCUT2D eigenvalue weighted by molar-refractivity contribution is -0.173. The molecular weight excluding hydrogens is 1260 g/mol. The number of thioether (sulfide) groups is 4. The molecule has 0 heterocycles. The van der Waals surface area contributed by atoms with Gasteiger partial charge >= 0.3 is 23.9 Å². The molecular formula is C73H132O8S8. The number of ether oxygens (including phenoxy) is 4. The fraction of sp³-hybridized carbons (Fsp3) is 0.890. The summed E-state index contributed by atoms with van der Waals surface area (Å²) in [5, 5.41) is 0. The second-order valence-electron chi connectivity index (χ2n) is 27.5. The summed E-state index contributed by atoms with van der Waals surface area (Å²) in [7, 11) is 0. The molecule has 0 aromatic carbocycles. The number of unbranched alkanes of at least 4 members (excludes halogenated alkanes) is 36. The molecule has 0 bridgehead atoms. The Balaban J connectivity index is 6.63. The molecule has 520 valence electrons. The maximum Gasteiger partial charge on any atom is 0.322 e. The topological polar surface area (TPSA) is 105 Å². The number of hydrogen-bond donors (Lipinski definition) is 0. The van der Waals surface area contributed by atoms with Crippen LogP contribution >= 0.6 is 95.9 Å². The van der Waals surface area contributed by atoms with E-state index in [0.29, 0.717) is 25.7 Å². The highest BCUT2D eigenvalue weighted by Gasteiger charge is 2.45. The number of hydrogen-bond acceptors (Lipinski definition) is 16. The summed E-state index contributed by atoms with van der Waals surface area (Å²) < 4.78 is 23.6. The molecule has 0 aromatic rings. The standard InChI is InChI=1S/C73H132O8S8/c1-13-17-21-25-29-33-37-41-45-49-53-61(82)86-69(5,6)65(74)78-57-73(58-79-66(75)70(7,8)87-62(83)54-50-46-42-38-34-30-26-22-18-14-2,59-80-67(76)71(9,10)88-63(84)55-51-47-43-39-35-31-27-23-19-15-3)60-81-68(77)72(11,12)89-64(85)56-52-48-44-40-36-32-28-24-20-16-4/h13-60H2,1-12H3. The predicted molar refractivity (Wildman–Crippen MR) is 409 cm³/mol. The summed E-state index contributed by atoms with van der Waals surface area (Å²) in [6, 6.07) is 0. The van der Waals surface area contributed by atoms with E-state index >= 15 is 0 Å². The summed E-state index contributed by atoms with van der Waals surface area (Å²) in [6.07, 6.45) is 51.6. The quantitative estimate of drug-likeness (QED) is 0.0249. The van der Waals surface area contributed by atoms with Gasteiger partial charge in [-0.25, -0.2) is 0 Å². The van der Waals surface area contributed by atoms with Gasteiger partial charge in [-0.2, -0.15) is 0 Å². The Labute approximate surface area is 586 Å². The zero-order valence-corrected chi connectivity index (χ0v) is 65.5. The van der Waals surface area contributed by atoms with Gasteiger partial charge in [0.15, 0.2) is 0 Å². The number of thiocarbonyl (C=S) groups is 4. The maximum absolute atomic E-state index is 14.4. The first-order valence-corrected chi connectivity index (χ1v) is 40.8. The van der Waals surface area contributed by atoms with E-state index in [2.05, 4.69) is 27.7 Å². The molecule has 0 saturated heterocycles. The molecule has 0 aliphatic rings. The van der Waals surface area contributed by atoms with Gasteiger partial charge in [0.05, 0.1) is 0 Å². The van der Waals surface area contributed by atoms with Crippen LogP contribution in [0.15, 0.2) is 0 Å². The second-order valence-corrected chi connectivity index (χ2v) is 37.3. The first-order chi connectivity index (χ1) is 42.3. The zero-order chi connectivity index (χ0) is 66.7. The van der Waals surface area contributed by atoms with Gasteiger partial charge in [0.1, 0.15) is 50.8 Å². The Kier molecular flexibility index (Phi) is 54.5. The van der Waals surface area contributed by atoms with E-state index in [9.17, 15) is 19.2 Å². The molecule has 0 aliphatic heterocycles. The molecule has 16 heteroatoms. The van der Waals surface area contributed by atoms with Crippen molar-refractivity contribution in [1.29, 1.82) is 0 Å². The van der Waals surface area contributed by atoms with Crippen LogP contribution in [0.4, 0.5) is 0 Å². The van der Waals surface area contributed by atoms with E-state index in [-0.39, 0.29) is 0 Å². The van der Waals surface area contributed by atoms with Crippen molar-refractivity contribution < 1.29 is 38.1 Å². The molecule has 0 fully saturated rings. The van der Waals surface area contributed by atoms with Gasteiger partial charge in [-0.15, -0.1) is 47.0 Å². The van der Waals surface area contributed by atoms with Crippen LogP contribution in [0.5, 0.6) is 0 Å². The highest BCUT2D eigenvalue weighted by molar-refractivity contribution is 8.25. The molecule has 89 heavy (non-hydrogen) atoms. The van der Waals surface area contributed by atoms with Crippen molar-refractivity contribution in [3.8, 4) is 0 Å². The van der Waals surface area contributed by atoms with E-state index in [0.717, 1.165) is 68.2 Å². The molecule has 0 saturated carbocycles. The maximum atomic E-state index is 14.4. The molecule has 8 nitrogen and oxygen atoms in total. The normalized spacial score (nSPS) is 12.3. The Morgan fingerprint density at radius 3 is 0.528 bits per heavy atom. The van der Waals surface area contributed by atoms with E-state index < -0.39 is 74.7 Å². The fourth-order valence-corrected chi connectivity index (χ4v) is 17.3.